The number of rotatable bonds is 9. The van der Waals surface area contributed by atoms with Gasteiger partial charge in [0, 0.05) is 44.7 Å². The fraction of sp³-hybridized carbons (Fsp3) is 0.355. The van der Waals surface area contributed by atoms with Crippen LogP contribution in [0.5, 0.6) is 11.5 Å². The number of nitrogens with zero attached hydrogens (tertiary/aromatic N) is 5. The molecule has 2 aliphatic heterocycles. The number of anilines is 2. The minimum atomic E-state index is -0.979. The van der Waals surface area contributed by atoms with E-state index in [-0.39, 0.29) is 24.5 Å². The first-order chi connectivity index (χ1) is 20.5. The first-order valence-electron chi connectivity index (χ1n) is 14.1. The van der Waals surface area contributed by atoms with Crippen LogP contribution in [0.15, 0.2) is 66.7 Å². The number of carbonyl (C=O) groups is 2. The summed E-state index contributed by atoms with van der Waals surface area (Å²) < 4.78 is 18.9. The number of fused-ring (bicyclic) bond motifs is 2. The molecule has 2 aliphatic rings. The molecule has 1 aromatic heterocycles. The van der Waals surface area contributed by atoms with Gasteiger partial charge in [-0.15, -0.1) is 5.10 Å². The molecule has 6 rings (SSSR count). The van der Waals surface area contributed by atoms with Crippen molar-refractivity contribution >= 4 is 34.2 Å². The standard InChI is InChI=1S/C31H34N6O5/c1-35(2)22-11-9-21(10-12-22)30(31(39)32-19-24-6-5-15-40-24)37(23-13-14-27-28(18-23)42-17-16-41-27)29(38)20-36-26-8-4-3-7-25(26)33-34-36/h3-4,7-14,18,24,30H,5-6,15-17,19-20H2,1-2H3,(H,32,39)/t24-,30+/m0/s1. The first-order valence-corrected chi connectivity index (χ1v) is 14.1. The number of hydrogen-bond acceptors (Lipinski definition) is 8. The number of benzene rings is 3. The van der Waals surface area contributed by atoms with Crippen LogP contribution < -0.4 is 24.6 Å². The Morgan fingerprint density at radius 3 is 2.50 bits per heavy atom. The minimum Gasteiger partial charge on any atom is -0.486 e. The number of nitrogens with one attached hydrogen (secondary N) is 1. The van der Waals surface area contributed by atoms with Crippen LogP contribution in [0.3, 0.4) is 0 Å². The predicted molar refractivity (Wildman–Crippen MR) is 158 cm³/mol. The average molecular weight is 571 g/mol. The number of hydrogen-bond donors (Lipinski definition) is 1. The monoisotopic (exact) mass is 570 g/mol. The highest BCUT2D eigenvalue weighted by Crippen LogP contribution is 2.37. The van der Waals surface area contributed by atoms with E-state index in [4.69, 9.17) is 14.2 Å². The second-order valence-electron chi connectivity index (χ2n) is 10.6. The zero-order valence-electron chi connectivity index (χ0n) is 23.7. The number of amides is 2. The van der Waals surface area contributed by atoms with E-state index in [1.165, 1.54) is 4.90 Å². The van der Waals surface area contributed by atoms with Crippen LogP contribution in [-0.2, 0) is 20.9 Å². The molecule has 0 saturated carbocycles. The molecule has 11 heteroatoms. The Hall–Kier alpha value is -4.64. The summed E-state index contributed by atoms with van der Waals surface area (Å²) in [5.41, 5.74) is 3.55. The fourth-order valence-electron chi connectivity index (χ4n) is 5.35. The Balaban J connectivity index is 1.41. The van der Waals surface area contributed by atoms with Crippen molar-refractivity contribution in [1.29, 1.82) is 0 Å². The lowest BCUT2D eigenvalue weighted by atomic mass is 10.0. The number of para-hydroxylation sites is 1. The number of ether oxygens (including phenoxy) is 3. The molecule has 1 saturated heterocycles. The lowest BCUT2D eigenvalue weighted by Gasteiger charge is -2.33. The normalized spacial score (nSPS) is 16.7. The van der Waals surface area contributed by atoms with Crippen LogP contribution >= 0.6 is 0 Å². The summed E-state index contributed by atoms with van der Waals surface area (Å²) in [5.74, 6) is 0.463. The largest absolute Gasteiger partial charge is 0.486 e. The maximum Gasteiger partial charge on any atom is 0.249 e. The highest BCUT2D eigenvalue weighted by Gasteiger charge is 2.34. The van der Waals surface area contributed by atoms with E-state index in [9.17, 15) is 9.59 Å². The van der Waals surface area contributed by atoms with E-state index in [0.717, 1.165) is 24.0 Å². The average Bonchev–Trinajstić information content (AvgIpc) is 3.69. The van der Waals surface area contributed by atoms with Gasteiger partial charge in [-0.2, -0.15) is 0 Å². The van der Waals surface area contributed by atoms with E-state index in [0.29, 0.717) is 54.6 Å². The van der Waals surface area contributed by atoms with E-state index in [1.807, 2.05) is 67.5 Å². The SMILES string of the molecule is CN(C)c1ccc([C@H](C(=O)NC[C@@H]2CCCO2)N(C(=O)Cn2nnc3ccccc32)c2ccc3c(c2)OCCO3)cc1. The lowest BCUT2D eigenvalue weighted by molar-refractivity contribution is -0.127. The summed E-state index contributed by atoms with van der Waals surface area (Å²) in [6.07, 6.45) is 1.79. The van der Waals surface area contributed by atoms with Gasteiger partial charge in [0.15, 0.2) is 11.5 Å². The van der Waals surface area contributed by atoms with Gasteiger partial charge in [0.05, 0.1) is 11.6 Å². The van der Waals surface area contributed by atoms with Gasteiger partial charge in [-0.3, -0.25) is 14.5 Å². The molecule has 2 atom stereocenters. The zero-order valence-corrected chi connectivity index (χ0v) is 23.7. The topological polar surface area (TPSA) is 111 Å². The highest BCUT2D eigenvalue weighted by atomic mass is 16.6. The molecule has 1 fully saturated rings. The molecule has 0 unspecified atom stereocenters. The van der Waals surface area contributed by atoms with Gasteiger partial charge in [-0.1, -0.05) is 29.5 Å². The van der Waals surface area contributed by atoms with Crippen molar-refractivity contribution in [3.63, 3.8) is 0 Å². The molecule has 1 N–H and O–H groups in total. The molecule has 3 aromatic carbocycles. The molecule has 2 amide bonds. The van der Waals surface area contributed by atoms with Crippen molar-refractivity contribution < 1.29 is 23.8 Å². The second kappa shape index (κ2) is 12.1. The van der Waals surface area contributed by atoms with E-state index in [2.05, 4.69) is 15.6 Å². The Morgan fingerprint density at radius 1 is 0.976 bits per heavy atom. The van der Waals surface area contributed by atoms with E-state index >= 15 is 0 Å². The zero-order chi connectivity index (χ0) is 29.1. The number of aromatic nitrogens is 3. The summed E-state index contributed by atoms with van der Waals surface area (Å²) in [6.45, 7) is 1.76. The first kappa shape index (κ1) is 27.5. The maximum absolute atomic E-state index is 14.3. The van der Waals surface area contributed by atoms with Crippen molar-refractivity contribution in [2.75, 3.05) is 50.3 Å². The van der Waals surface area contributed by atoms with Crippen LogP contribution in [0.4, 0.5) is 11.4 Å². The van der Waals surface area contributed by atoms with Gasteiger partial charge in [0.2, 0.25) is 11.8 Å². The Labute approximate surface area is 243 Å². The molecular formula is C31H34N6O5. The molecule has 42 heavy (non-hydrogen) atoms. The van der Waals surface area contributed by atoms with Crippen LogP contribution in [-0.4, -0.2) is 73.4 Å². The van der Waals surface area contributed by atoms with Gasteiger partial charge in [-0.25, -0.2) is 4.68 Å². The van der Waals surface area contributed by atoms with Crippen molar-refractivity contribution in [3.8, 4) is 11.5 Å². The van der Waals surface area contributed by atoms with E-state index < -0.39 is 6.04 Å². The van der Waals surface area contributed by atoms with Gasteiger partial charge in [0.25, 0.3) is 0 Å². The molecule has 0 bridgehead atoms. The van der Waals surface area contributed by atoms with Gasteiger partial charge >= 0.3 is 0 Å². The minimum absolute atomic E-state index is 0.0503. The maximum atomic E-state index is 14.3. The summed E-state index contributed by atoms with van der Waals surface area (Å²) in [7, 11) is 3.91. The molecule has 218 valence electrons. The second-order valence-corrected chi connectivity index (χ2v) is 10.6. The third-order valence-electron chi connectivity index (χ3n) is 7.54. The van der Waals surface area contributed by atoms with Gasteiger partial charge < -0.3 is 24.4 Å². The summed E-state index contributed by atoms with van der Waals surface area (Å²) in [4.78, 5) is 31.9. The van der Waals surface area contributed by atoms with Gasteiger partial charge in [0.1, 0.15) is 31.3 Å². The predicted octanol–water partition coefficient (Wildman–Crippen LogP) is 3.34. The summed E-state index contributed by atoms with van der Waals surface area (Å²) in [6, 6.07) is 19.4. The highest BCUT2D eigenvalue weighted by molar-refractivity contribution is 6.02. The van der Waals surface area contributed by atoms with Crippen molar-refractivity contribution in [2.24, 2.45) is 0 Å². The quantitative estimate of drug-likeness (QED) is 0.326. The third-order valence-corrected chi connectivity index (χ3v) is 7.54. The molecule has 0 radical (unpaired) electrons. The third kappa shape index (κ3) is 5.73. The summed E-state index contributed by atoms with van der Waals surface area (Å²) in [5, 5.41) is 11.5. The molecule has 0 aliphatic carbocycles. The molecule has 4 aromatic rings. The molecule has 0 spiro atoms. The van der Waals surface area contributed by atoms with Crippen LogP contribution in [0.1, 0.15) is 24.4 Å². The Kier molecular flexibility index (Phi) is 7.91. The Bertz CT molecular complexity index is 1560. The fourth-order valence-corrected chi connectivity index (χ4v) is 5.35. The lowest BCUT2D eigenvalue weighted by Crippen LogP contribution is -2.46. The van der Waals surface area contributed by atoms with Crippen molar-refractivity contribution in [3.05, 3.63) is 72.3 Å². The smallest absolute Gasteiger partial charge is 0.249 e. The van der Waals surface area contributed by atoms with Crippen molar-refractivity contribution in [2.45, 2.75) is 31.5 Å². The van der Waals surface area contributed by atoms with Crippen LogP contribution in [0.2, 0.25) is 0 Å². The van der Waals surface area contributed by atoms with Crippen molar-refractivity contribution in [1.82, 2.24) is 20.3 Å². The molecule has 3 heterocycles. The number of carbonyl (C=O) groups excluding carboxylic acids is 2. The van der Waals surface area contributed by atoms with E-state index in [1.54, 1.807) is 22.9 Å². The Morgan fingerprint density at radius 2 is 1.74 bits per heavy atom. The van der Waals surface area contributed by atoms with Crippen LogP contribution in [0.25, 0.3) is 11.0 Å². The summed E-state index contributed by atoms with van der Waals surface area (Å²) >= 11 is 0. The van der Waals surface area contributed by atoms with Crippen LogP contribution in [0, 0.1) is 0 Å². The molecule has 11 nitrogen and oxygen atoms in total. The van der Waals surface area contributed by atoms with Gasteiger partial charge in [-0.05, 0) is 54.8 Å². The molecular weight excluding hydrogens is 536 g/mol.